The Morgan fingerprint density at radius 1 is 0.411 bits per heavy atom. The second-order valence-electron chi connectivity index (χ2n) is 14.5. The zero-order valence-electron chi connectivity index (χ0n) is 36.4. The molecule has 1 atom stereocenters. The van der Waals surface area contributed by atoms with Crippen molar-refractivity contribution in [3.05, 3.63) is 97.2 Å². The van der Waals surface area contributed by atoms with Gasteiger partial charge >= 0.3 is 11.9 Å². The first kappa shape index (κ1) is 52.8. The quantitative estimate of drug-likeness (QED) is 0.0352. The van der Waals surface area contributed by atoms with Crippen molar-refractivity contribution >= 4 is 11.9 Å². The third kappa shape index (κ3) is 43.5. The average Bonchev–Trinajstić information content (AvgIpc) is 3.20. The Morgan fingerprint density at radius 3 is 1.30 bits per heavy atom. The van der Waals surface area contributed by atoms with Crippen LogP contribution < -0.4 is 0 Å². The van der Waals surface area contributed by atoms with Gasteiger partial charge in [0.15, 0.2) is 6.10 Å². The van der Waals surface area contributed by atoms with E-state index in [0.717, 1.165) is 116 Å². The molecule has 0 aromatic carbocycles. The topological polar surface area (TPSA) is 61.8 Å². The highest BCUT2D eigenvalue weighted by atomic mass is 16.6. The molecule has 0 aromatic heterocycles. The van der Waals surface area contributed by atoms with Crippen LogP contribution in [0.25, 0.3) is 0 Å². The Balaban J connectivity index is 4.26. The summed E-state index contributed by atoms with van der Waals surface area (Å²) < 4.78 is 17.2. The van der Waals surface area contributed by atoms with Gasteiger partial charge in [0, 0.05) is 19.4 Å². The minimum atomic E-state index is -0.562. The fourth-order valence-corrected chi connectivity index (χ4v) is 5.78. The molecule has 0 saturated heterocycles. The van der Waals surface area contributed by atoms with Crippen LogP contribution in [0.15, 0.2) is 97.2 Å². The molecule has 0 fully saturated rings. The Labute approximate surface area is 345 Å². The summed E-state index contributed by atoms with van der Waals surface area (Å²) in [6, 6.07) is 0. The van der Waals surface area contributed by atoms with Gasteiger partial charge in [-0.1, -0.05) is 176 Å². The predicted octanol–water partition coefficient (Wildman–Crippen LogP) is 15.1. The highest BCUT2D eigenvalue weighted by Crippen LogP contribution is 2.11. The van der Waals surface area contributed by atoms with Crippen molar-refractivity contribution < 1.29 is 23.8 Å². The Kier molecular flexibility index (Phi) is 43.6. The van der Waals surface area contributed by atoms with Crippen LogP contribution in [0, 0.1) is 0 Å². The average molecular weight is 777 g/mol. The summed E-state index contributed by atoms with van der Waals surface area (Å²) in [6.07, 6.45) is 61.3. The van der Waals surface area contributed by atoms with Crippen LogP contribution in [0.1, 0.15) is 188 Å². The van der Waals surface area contributed by atoms with E-state index in [1.165, 1.54) is 38.5 Å². The van der Waals surface area contributed by atoms with Gasteiger partial charge in [0.25, 0.3) is 0 Å². The highest BCUT2D eigenvalue weighted by molar-refractivity contribution is 5.70. The number of carbonyl (C=O) groups excluding carboxylic acids is 2. The summed E-state index contributed by atoms with van der Waals surface area (Å²) in [5.74, 6) is -0.461. The lowest BCUT2D eigenvalue weighted by atomic mass is 10.1. The maximum Gasteiger partial charge on any atom is 0.306 e. The van der Waals surface area contributed by atoms with Crippen molar-refractivity contribution in [2.24, 2.45) is 0 Å². The van der Waals surface area contributed by atoms with Gasteiger partial charge in [0.1, 0.15) is 6.61 Å². The number of allylic oxidation sites excluding steroid dienone is 16. The van der Waals surface area contributed by atoms with Crippen molar-refractivity contribution in [1.29, 1.82) is 0 Å². The van der Waals surface area contributed by atoms with Crippen molar-refractivity contribution in [2.75, 3.05) is 19.8 Å². The van der Waals surface area contributed by atoms with E-state index in [-0.39, 0.29) is 25.2 Å². The maximum atomic E-state index is 12.6. The molecule has 0 rings (SSSR count). The minimum absolute atomic E-state index is 0.0542. The van der Waals surface area contributed by atoms with Crippen molar-refractivity contribution in [3.8, 4) is 0 Å². The number of esters is 2. The summed E-state index contributed by atoms with van der Waals surface area (Å²) >= 11 is 0. The third-order valence-electron chi connectivity index (χ3n) is 9.12. The summed E-state index contributed by atoms with van der Waals surface area (Å²) in [5, 5.41) is 0. The third-order valence-corrected chi connectivity index (χ3v) is 9.12. The molecule has 0 aliphatic carbocycles. The van der Waals surface area contributed by atoms with Gasteiger partial charge in [-0.3, -0.25) is 9.59 Å². The van der Waals surface area contributed by atoms with Crippen LogP contribution in [0.4, 0.5) is 0 Å². The maximum absolute atomic E-state index is 12.6. The Morgan fingerprint density at radius 2 is 0.804 bits per heavy atom. The summed E-state index contributed by atoms with van der Waals surface area (Å²) in [7, 11) is 0. The van der Waals surface area contributed by atoms with Gasteiger partial charge in [0.05, 0.1) is 6.61 Å². The van der Waals surface area contributed by atoms with Crippen molar-refractivity contribution in [1.82, 2.24) is 0 Å². The van der Waals surface area contributed by atoms with Crippen LogP contribution >= 0.6 is 0 Å². The van der Waals surface area contributed by atoms with E-state index < -0.39 is 6.10 Å². The standard InChI is InChI=1S/C51H84O5/c1-4-7-10-13-16-18-20-22-24-25-26-27-28-29-31-33-36-38-41-44-50(52)55-48-49(56-51(53)45-42-39-35-15-12-9-6-3)47-54-46-43-40-37-34-32-30-23-21-19-17-14-11-8-5-2/h7-8,10-11,16-19,22-24,26-27,29-31,49H,4-6,9,12-15,20-21,25,28,32-48H2,1-3H3/b10-7-,11-8-,18-16-,19-17-,24-22-,27-26-,30-23-,31-29-. The number of rotatable bonds is 40. The number of hydrogen-bond acceptors (Lipinski definition) is 5. The number of ether oxygens (including phenoxy) is 3. The molecule has 318 valence electrons. The predicted molar refractivity (Wildman–Crippen MR) is 242 cm³/mol. The molecule has 56 heavy (non-hydrogen) atoms. The highest BCUT2D eigenvalue weighted by Gasteiger charge is 2.17. The second kappa shape index (κ2) is 46.2. The zero-order valence-corrected chi connectivity index (χ0v) is 36.4. The van der Waals surface area contributed by atoms with E-state index in [0.29, 0.717) is 19.4 Å². The molecular weight excluding hydrogens is 693 g/mol. The molecule has 0 aliphatic rings. The van der Waals surface area contributed by atoms with Gasteiger partial charge in [-0.05, 0) is 96.3 Å². The molecule has 0 amide bonds. The van der Waals surface area contributed by atoms with Gasteiger partial charge < -0.3 is 14.2 Å². The smallest absolute Gasteiger partial charge is 0.306 e. The lowest BCUT2D eigenvalue weighted by molar-refractivity contribution is -0.163. The van der Waals surface area contributed by atoms with E-state index in [2.05, 4.69) is 118 Å². The molecule has 0 heterocycles. The van der Waals surface area contributed by atoms with Crippen LogP contribution in [0.2, 0.25) is 0 Å². The molecule has 0 aromatic rings. The zero-order chi connectivity index (χ0) is 40.7. The van der Waals surface area contributed by atoms with Gasteiger partial charge in [-0.25, -0.2) is 0 Å². The lowest BCUT2D eigenvalue weighted by Crippen LogP contribution is -2.30. The summed E-state index contributed by atoms with van der Waals surface area (Å²) in [5.41, 5.74) is 0. The molecule has 0 spiro atoms. The van der Waals surface area contributed by atoms with Crippen LogP contribution in [0.3, 0.4) is 0 Å². The molecule has 0 radical (unpaired) electrons. The Hall–Kier alpha value is -3.18. The van der Waals surface area contributed by atoms with Crippen molar-refractivity contribution in [2.45, 2.75) is 194 Å². The fraction of sp³-hybridized carbons (Fsp3) is 0.647. The lowest BCUT2D eigenvalue weighted by Gasteiger charge is -2.18. The SMILES string of the molecule is CC/C=C\C/C=C\C/C=C\C/C=C\C/C=C\CCCCCC(=O)OCC(COCCCCCC/C=C\C/C=C\C/C=C\CC)OC(=O)CCCCCCCCC. The van der Waals surface area contributed by atoms with Gasteiger partial charge in [-0.15, -0.1) is 0 Å². The molecule has 0 bridgehead atoms. The largest absolute Gasteiger partial charge is 0.462 e. The van der Waals surface area contributed by atoms with E-state index in [1.54, 1.807) is 0 Å². The number of carbonyl (C=O) groups is 2. The number of unbranched alkanes of at least 4 members (excludes halogenated alkanes) is 13. The van der Waals surface area contributed by atoms with Gasteiger partial charge in [0.2, 0.25) is 0 Å². The second-order valence-corrected chi connectivity index (χ2v) is 14.5. The molecule has 1 unspecified atom stereocenters. The molecule has 5 nitrogen and oxygen atoms in total. The molecular formula is C51H84O5. The first-order valence-electron chi connectivity index (χ1n) is 22.8. The molecule has 0 saturated carbocycles. The normalized spacial score (nSPS) is 13.1. The monoisotopic (exact) mass is 777 g/mol. The van der Waals surface area contributed by atoms with Gasteiger partial charge in [-0.2, -0.15) is 0 Å². The first-order valence-corrected chi connectivity index (χ1v) is 22.8. The van der Waals surface area contributed by atoms with Crippen molar-refractivity contribution in [3.63, 3.8) is 0 Å². The summed E-state index contributed by atoms with van der Waals surface area (Å²) in [6.45, 7) is 7.46. The van der Waals surface area contributed by atoms with E-state index in [9.17, 15) is 9.59 Å². The van der Waals surface area contributed by atoms with Crippen LogP contribution in [0.5, 0.6) is 0 Å². The Bertz CT molecular complexity index is 1110. The van der Waals surface area contributed by atoms with E-state index >= 15 is 0 Å². The molecule has 5 heteroatoms. The summed E-state index contributed by atoms with van der Waals surface area (Å²) in [4.78, 5) is 25.1. The first-order chi connectivity index (χ1) is 27.6. The van der Waals surface area contributed by atoms with Crippen LogP contribution in [-0.4, -0.2) is 37.9 Å². The molecule has 0 N–H and O–H groups in total. The number of hydrogen-bond donors (Lipinski definition) is 0. The molecule has 0 aliphatic heterocycles. The van der Waals surface area contributed by atoms with E-state index in [1.807, 2.05) is 0 Å². The fourth-order valence-electron chi connectivity index (χ4n) is 5.78. The van der Waals surface area contributed by atoms with Crippen LogP contribution in [-0.2, 0) is 23.8 Å². The van der Waals surface area contributed by atoms with E-state index in [4.69, 9.17) is 14.2 Å². The minimum Gasteiger partial charge on any atom is -0.462 e.